The predicted molar refractivity (Wildman–Crippen MR) is 55.2 cm³/mol. The van der Waals surface area contributed by atoms with Gasteiger partial charge in [-0.2, -0.15) is 13.2 Å². The molecule has 1 aliphatic rings. The van der Waals surface area contributed by atoms with Crippen LogP contribution in [0.15, 0.2) is 0 Å². The highest BCUT2D eigenvalue weighted by atomic mass is 19.4. The monoisotopic (exact) mass is 294 g/mol. The van der Waals surface area contributed by atoms with Crippen molar-refractivity contribution in [3.8, 4) is 0 Å². The van der Waals surface area contributed by atoms with Crippen molar-refractivity contribution in [3.05, 3.63) is 0 Å². The van der Waals surface area contributed by atoms with Crippen LogP contribution in [-0.4, -0.2) is 50.3 Å². The lowest BCUT2D eigenvalue weighted by atomic mass is 9.97. The summed E-state index contributed by atoms with van der Waals surface area (Å²) in [5.74, 6) is -1.43. The summed E-state index contributed by atoms with van der Waals surface area (Å²) in [7, 11) is 1.36. The minimum atomic E-state index is -4.73. The van der Waals surface area contributed by atoms with Crippen molar-refractivity contribution in [2.75, 3.05) is 26.9 Å². The molecule has 1 heterocycles. The maximum absolute atomic E-state index is 12.6. The highest BCUT2D eigenvalue weighted by Crippen LogP contribution is 2.35. The lowest BCUT2D eigenvalue weighted by Crippen LogP contribution is -2.38. The lowest BCUT2D eigenvalue weighted by molar-refractivity contribution is -0.335. The molecule has 1 aliphatic heterocycles. The molecule has 2 unspecified atom stereocenters. The van der Waals surface area contributed by atoms with Gasteiger partial charge in [-0.1, -0.05) is 0 Å². The second-order valence-electron chi connectivity index (χ2n) is 4.58. The molecule has 0 amide bonds. The van der Waals surface area contributed by atoms with E-state index in [0.29, 0.717) is 0 Å². The first-order valence-corrected chi connectivity index (χ1v) is 5.79. The number of halogens is 6. The maximum Gasteiger partial charge on any atom is 0.523 e. The van der Waals surface area contributed by atoms with E-state index in [2.05, 4.69) is 10.1 Å². The van der Waals surface area contributed by atoms with Gasteiger partial charge in [0.1, 0.15) is 6.73 Å². The number of alkyl halides is 6. The third-order valence-corrected chi connectivity index (χ3v) is 3.04. The normalized spacial score (nSPS) is 25.3. The molecule has 1 saturated heterocycles. The van der Waals surface area contributed by atoms with E-state index in [1.165, 1.54) is 11.9 Å². The predicted octanol–water partition coefficient (Wildman–Crippen LogP) is 2.34. The first kappa shape index (κ1) is 16.5. The summed E-state index contributed by atoms with van der Waals surface area (Å²) in [5.41, 5.74) is 0. The fourth-order valence-electron chi connectivity index (χ4n) is 2.07. The van der Waals surface area contributed by atoms with E-state index in [1.807, 2.05) is 0 Å². The summed E-state index contributed by atoms with van der Waals surface area (Å²) in [6, 6.07) is -0.742. The quantitative estimate of drug-likeness (QED) is 0.622. The van der Waals surface area contributed by atoms with Gasteiger partial charge in [0, 0.05) is 12.6 Å². The number of nitrogens with zero attached hydrogens (tertiary/aromatic N) is 1. The van der Waals surface area contributed by atoms with Crippen LogP contribution in [0.1, 0.15) is 12.8 Å². The molecule has 0 aromatic carbocycles. The van der Waals surface area contributed by atoms with E-state index >= 15 is 0 Å². The highest BCUT2D eigenvalue weighted by molar-refractivity contribution is 4.88. The van der Waals surface area contributed by atoms with Crippen molar-refractivity contribution in [2.24, 2.45) is 5.92 Å². The summed E-state index contributed by atoms with van der Waals surface area (Å²) >= 11 is 0. The van der Waals surface area contributed by atoms with Crippen molar-refractivity contribution in [1.82, 2.24) is 10.2 Å². The van der Waals surface area contributed by atoms with Crippen LogP contribution in [0, 0.1) is 5.92 Å². The van der Waals surface area contributed by atoms with Gasteiger partial charge >= 0.3 is 12.5 Å². The number of rotatable bonds is 5. The van der Waals surface area contributed by atoms with Gasteiger partial charge in [-0.25, -0.2) is 0 Å². The summed E-state index contributed by atoms with van der Waals surface area (Å²) in [4.78, 5) is 1.20. The zero-order chi connectivity index (χ0) is 14.7. The smallest absolute Gasteiger partial charge is 0.313 e. The first-order valence-electron chi connectivity index (χ1n) is 5.79. The van der Waals surface area contributed by atoms with Crippen LogP contribution in [-0.2, 0) is 4.74 Å². The Kier molecular flexibility index (Phi) is 5.45. The second-order valence-corrected chi connectivity index (χ2v) is 4.58. The number of nitrogens with one attached hydrogen (secondary N) is 1. The third kappa shape index (κ3) is 5.96. The van der Waals surface area contributed by atoms with Gasteiger partial charge in [-0.15, -0.1) is 13.2 Å². The molecule has 114 valence electrons. The Morgan fingerprint density at radius 1 is 1.21 bits per heavy atom. The second kappa shape index (κ2) is 6.27. The summed E-state index contributed by atoms with van der Waals surface area (Å²) < 4.78 is 76.7. The van der Waals surface area contributed by atoms with E-state index in [4.69, 9.17) is 0 Å². The van der Waals surface area contributed by atoms with Crippen LogP contribution < -0.4 is 5.32 Å². The van der Waals surface area contributed by atoms with Crippen LogP contribution in [0.25, 0.3) is 0 Å². The lowest BCUT2D eigenvalue weighted by Gasteiger charge is -2.24. The molecule has 19 heavy (non-hydrogen) atoms. The van der Waals surface area contributed by atoms with Crippen LogP contribution in [0.5, 0.6) is 0 Å². The molecule has 0 saturated carbocycles. The first-order chi connectivity index (χ1) is 8.59. The van der Waals surface area contributed by atoms with Crippen molar-refractivity contribution in [3.63, 3.8) is 0 Å². The van der Waals surface area contributed by atoms with Gasteiger partial charge in [-0.3, -0.25) is 9.64 Å². The van der Waals surface area contributed by atoms with Crippen LogP contribution in [0.3, 0.4) is 0 Å². The van der Waals surface area contributed by atoms with Gasteiger partial charge < -0.3 is 5.32 Å². The van der Waals surface area contributed by atoms with Crippen molar-refractivity contribution in [2.45, 2.75) is 31.4 Å². The molecule has 0 bridgehead atoms. The van der Waals surface area contributed by atoms with Gasteiger partial charge in [-0.05, 0) is 26.4 Å². The largest absolute Gasteiger partial charge is 0.523 e. The molecule has 0 aromatic rings. The Balaban J connectivity index is 2.32. The van der Waals surface area contributed by atoms with E-state index in [0.717, 1.165) is 0 Å². The standard InChI is InChI=1S/C10H16F6N2O/c1-18(6-19-10(14,15)16)5-3-8-7(2-4-17-8)9(11,12)13/h7-8,17H,2-6H2,1H3. The minimum absolute atomic E-state index is 0.0108. The maximum atomic E-state index is 12.6. The fourth-order valence-corrected chi connectivity index (χ4v) is 2.07. The molecule has 1 fully saturated rings. The Hall–Kier alpha value is -0.540. The fraction of sp³-hybridized carbons (Fsp3) is 1.00. The van der Waals surface area contributed by atoms with Crippen molar-refractivity contribution in [1.29, 1.82) is 0 Å². The summed E-state index contributed by atoms with van der Waals surface area (Å²) in [5, 5.41) is 2.73. The van der Waals surface area contributed by atoms with Crippen LogP contribution >= 0.6 is 0 Å². The molecule has 1 N–H and O–H groups in total. The Labute approximate surface area is 106 Å². The van der Waals surface area contributed by atoms with Crippen molar-refractivity contribution >= 4 is 0 Å². The zero-order valence-corrected chi connectivity index (χ0v) is 10.3. The SMILES string of the molecule is CN(CCC1NCCC1C(F)(F)F)COC(F)(F)F. The Bertz CT molecular complexity index is 280. The van der Waals surface area contributed by atoms with Crippen molar-refractivity contribution < 1.29 is 31.1 Å². The molecule has 9 heteroatoms. The molecule has 3 nitrogen and oxygen atoms in total. The molecule has 0 aliphatic carbocycles. The topological polar surface area (TPSA) is 24.5 Å². The van der Waals surface area contributed by atoms with E-state index < -0.39 is 31.2 Å². The molecule has 0 aromatic heterocycles. The van der Waals surface area contributed by atoms with Gasteiger partial charge in [0.25, 0.3) is 0 Å². The average molecular weight is 294 g/mol. The number of ether oxygens (including phenoxy) is 1. The molecule has 0 spiro atoms. The van der Waals surface area contributed by atoms with Crippen LogP contribution in [0.4, 0.5) is 26.3 Å². The molecule has 2 atom stereocenters. The van der Waals surface area contributed by atoms with Crippen LogP contribution in [0.2, 0.25) is 0 Å². The summed E-state index contributed by atoms with van der Waals surface area (Å²) in [6.07, 6.45) is -8.86. The van der Waals surface area contributed by atoms with E-state index in [-0.39, 0.29) is 25.9 Å². The Morgan fingerprint density at radius 3 is 2.37 bits per heavy atom. The molecular formula is C10H16F6N2O. The number of hydrogen-bond donors (Lipinski definition) is 1. The van der Waals surface area contributed by atoms with E-state index in [1.54, 1.807) is 0 Å². The average Bonchev–Trinajstić information content (AvgIpc) is 2.70. The highest BCUT2D eigenvalue weighted by Gasteiger charge is 2.46. The van der Waals surface area contributed by atoms with Gasteiger partial charge in [0.2, 0.25) is 0 Å². The minimum Gasteiger partial charge on any atom is -0.313 e. The molecule has 0 radical (unpaired) electrons. The number of hydrogen-bond acceptors (Lipinski definition) is 3. The molecular weight excluding hydrogens is 278 g/mol. The van der Waals surface area contributed by atoms with Gasteiger partial charge in [0.05, 0.1) is 5.92 Å². The third-order valence-electron chi connectivity index (χ3n) is 3.04. The van der Waals surface area contributed by atoms with E-state index in [9.17, 15) is 26.3 Å². The summed E-state index contributed by atoms with van der Waals surface area (Å²) in [6.45, 7) is -0.315. The Morgan fingerprint density at radius 2 is 1.84 bits per heavy atom. The van der Waals surface area contributed by atoms with Gasteiger partial charge in [0.15, 0.2) is 0 Å². The zero-order valence-electron chi connectivity index (χ0n) is 10.3. The molecule has 1 rings (SSSR count).